The number of aromatic nitrogens is 2. The number of imidazole rings is 1. The average molecular weight is 255 g/mol. The minimum atomic E-state index is -0.245. The molecule has 2 N–H and O–H groups in total. The Morgan fingerprint density at radius 1 is 1.16 bits per heavy atom. The van der Waals surface area contributed by atoms with Crippen LogP contribution in [0.2, 0.25) is 0 Å². The van der Waals surface area contributed by atoms with Gasteiger partial charge in [0, 0.05) is 11.3 Å². The van der Waals surface area contributed by atoms with Crippen molar-refractivity contribution < 1.29 is 4.39 Å². The van der Waals surface area contributed by atoms with Crippen LogP contribution in [0.1, 0.15) is 11.3 Å². The number of fused-ring (bicyclic) bond motifs is 1. The fourth-order valence-corrected chi connectivity index (χ4v) is 2.23. The molecular formula is C15H14FN3. The van der Waals surface area contributed by atoms with Crippen LogP contribution in [0.25, 0.3) is 16.9 Å². The van der Waals surface area contributed by atoms with Crippen LogP contribution in [0.3, 0.4) is 0 Å². The predicted octanol–water partition coefficient (Wildman–Crippen LogP) is 3.34. The maximum Gasteiger partial charge on any atom is 0.139 e. The maximum absolute atomic E-state index is 13.7. The predicted molar refractivity (Wildman–Crippen MR) is 74.5 cm³/mol. The molecule has 0 aliphatic rings. The molecule has 19 heavy (non-hydrogen) atoms. The van der Waals surface area contributed by atoms with Gasteiger partial charge in [0.15, 0.2) is 0 Å². The van der Waals surface area contributed by atoms with Gasteiger partial charge < -0.3 is 5.73 Å². The van der Waals surface area contributed by atoms with Gasteiger partial charge in [-0.1, -0.05) is 18.2 Å². The summed E-state index contributed by atoms with van der Waals surface area (Å²) in [4.78, 5) is 4.49. The molecule has 2 aromatic heterocycles. The normalized spacial score (nSPS) is 11.1. The Morgan fingerprint density at radius 2 is 1.95 bits per heavy atom. The molecule has 0 fully saturated rings. The molecule has 0 aliphatic heterocycles. The number of hydrogen-bond acceptors (Lipinski definition) is 2. The lowest BCUT2D eigenvalue weighted by Crippen LogP contribution is -1.97. The minimum absolute atomic E-state index is 0.245. The van der Waals surface area contributed by atoms with Crippen LogP contribution in [-0.4, -0.2) is 9.38 Å². The molecule has 0 bridgehead atoms. The highest BCUT2D eigenvalue weighted by Crippen LogP contribution is 2.28. The van der Waals surface area contributed by atoms with Crippen LogP contribution >= 0.6 is 0 Å². The Labute approximate surface area is 110 Å². The van der Waals surface area contributed by atoms with Crippen molar-refractivity contribution in [2.24, 2.45) is 0 Å². The molecule has 1 aromatic carbocycles. The third-order valence-electron chi connectivity index (χ3n) is 3.32. The number of benzene rings is 1. The van der Waals surface area contributed by atoms with Crippen molar-refractivity contribution in [3.05, 3.63) is 53.5 Å². The van der Waals surface area contributed by atoms with Gasteiger partial charge in [-0.3, -0.25) is 4.40 Å². The quantitative estimate of drug-likeness (QED) is 0.724. The Balaban J connectivity index is 2.28. The lowest BCUT2D eigenvalue weighted by Gasteiger charge is -2.03. The number of pyridine rings is 1. The van der Waals surface area contributed by atoms with Gasteiger partial charge in [-0.15, -0.1) is 0 Å². The van der Waals surface area contributed by atoms with E-state index in [0.717, 1.165) is 11.3 Å². The smallest absolute Gasteiger partial charge is 0.139 e. The van der Waals surface area contributed by atoms with E-state index in [1.165, 1.54) is 6.07 Å². The molecule has 0 spiro atoms. The van der Waals surface area contributed by atoms with E-state index in [9.17, 15) is 4.39 Å². The Morgan fingerprint density at radius 3 is 2.63 bits per heavy atom. The van der Waals surface area contributed by atoms with Crippen molar-refractivity contribution in [2.75, 3.05) is 5.73 Å². The second-order valence-electron chi connectivity index (χ2n) is 4.67. The van der Waals surface area contributed by atoms with E-state index in [1.54, 1.807) is 13.0 Å². The van der Waals surface area contributed by atoms with Crippen molar-refractivity contribution in [1.29, 1.82) is 0 Å². The third kappa shape index (κ3) is 1.76. The van der Waals surface area contributed by atoms with E-state index < -0.39 is 0 Å². The number of rotatable bonds is 1. The fraction of sp³-hybridized carbons (Fsp3) is 0.133. The first-order chi connectivity index (χ1) is 9.08. The Kier molecular flexibility index (Phi) is 2.52. The molecule has 0 saturated carbocycles. The van der Waals surface area contributed by atoms with Crippen LogP contribution in [0.4, 0.5) is 10.2 Å². The van der Waals surface area contributed by atoms with Crippen LogP contribution < -0.4 is 5.73 Å². The Hall–Kier alpha value is -2.36. The largest absolute Gasteiger partial charge is 0.383 e. The number of nitrogens with zero attached hydrogens (tertiary/aromatic N) is 2. The summed E-state index contributed by atoms with van der Waals surface area (Å²) < 4.78 is 15.5. The first kappa shape index (κ1) is 11.7. The molecule has 3 rings (SSSR count). The molecule has 0 radical (unpaired) electrons. The summed E-state index contributed by atoms with van der Waals surface area (Å²) in [6, 6.07) is 10.8. The number of hydrogen-bond donors (Lipinski definition) is 1. The standard InChI is InChI=1S/C15H14FN3/c1-9-6-7-11(8-12(9)16)14-15(17)19-10(2)4-3-5-13(19)18-14/h3-8H,17H2,1-2H3. The van der Waals surface area contributed by atoms with Gasteiger partial charge in [0.25, 0.3) is 0 Å². The zero-order valence-corrected chi connectivity index (χ0v) is 10.8. The van der Waals surface area contributed by atoms with Crippen molar-refractivity contribution in [3.63, 3.8) is 0 Å². The molecule has 96 valence electrons. The molecule has 0 aliphatic carbocycles. The number of anilines is 1. The summed E-state index contributed by atoms with van der Waals surface area (Å²) in [5.74, 6) is 0.294. The van der Waals surface area contributed by atoms with E-state index in [4.69, 9.17) is 5.73 Å². The summed E-state index contributed by atoms with van der Waals surface area (Å²) in [5.41, 5.74) is 9.84. The topological polar surface area (TPSA) is 43.3 Å². The zero-order valence-electron chi connectivity index (χ0n) is 10.8. The van der Waals surface area contributed by atoms with E-state index in [0.29, 0.717) is 22.6 Å². The van der Waals surface area contributed by atoms with Gasteiger partial charge in [-0.25, -0.2) is 9.37 Å². The summed E-state index contributed by atoms with van der Waals surface area (Å²) in [5, 5.41) is 0. The highest BCUT2D eigenvalue weighted by molar-refractivity contribution is 5.75. The molecule has 0 unspecified atom stereocenters. The molecule has 0 atom stereocenters. The highest BCUT2D eigenvalue weighted by atomic mass is 19.1. The van der Waals surface area contributed by atoms with Gasteiger partial charge in [0.05, 0.1) is 0 Å². The van der Waals surface area contributed by atoms with Crippen molar-refractivity contribution in [3.8, 4) is 11.3 Å². The summed E-state index contributed by atoms with van der Waals surface area (Å²) in [6.45, 7) is 3.70. The zero-order chi connectivity index (χ0) is 13.6. The number of halogens is 1. The first-order valence-corrected chi connectivity index (χ1v) is 6.08. The molecule has 0 saturated heterocycles. The van der Waals surface area contributed by atoms with Crippen LogP contribution in [-0.2, 0) is 0 Å². The van der Waals surface area contributed by atoms with Crippen molar-refractivity contribution in [1.82, 2.24) is 9.38 Å². The SMILES string of the molecule is Cc1ccc(-c2nc3cccc(C)n3c2N)cc1F. The van der Waals surface area contributed by atoms with E-state index >= 15 is 0 Å². The third-order valence-corrected chi connectivity index (χ3v) is 3.32. The maximum atomic E-state index is 13.7. The number of nitrogens with two attached hydrogens (primary N) is 1. The summed E-state index contributed by atoms with van der Waals surface area (Å²) in [6.07, 6.45) is 0. The van der Waals surface area contributed by atoms with Gasteiger partial charge in [-0.2, -0.15) is 0 Å². The van der Waals surface area contributed by atoms with Crippen molar-refractivity contribution in [2.45, 2.75) is 13.8 Å². The van der Waals surface area contributed by atoms with Crippen molar-refractivity contribution >= 4 is 11.5 Å². The molecule has 2 heterocycles. The van der Waals surface area contributed by atoms with Crippen LogP contribution in [0.15, 0.2) is 36.4 Å². The first-order valence-electron chi connectivity index (χ1n) is 6.08. The highest BCUT2D eigenvalue weighted by Gasteiger charge is 2.13. The molecule has 4 heteroatoms. The van der Waals surface area contributed by atoms with E-state index in [-0.39, 0.29) is 5.82 Å². The lowest BCUT2D eigenvalue weighted by molar-refractivity contribution is 0.619. The molecule has 3 aromatic rings. The van der Waals surface area contributed by atoms with Crippen LogP contribution in [0.5, 0.6) is 0 Å². The minimum Gasteiger partial charge on any atom is -0.383 e. The summed E-state index contributed by atoms with van der Waals surface area (Å²) >= 11 is 0. The van der Waals surface area contributed by atoms with Gasteiger partial charge >= 0.3 is 0 Å². The van der Waals surface area contributed by atoms with Gasteiger partial charge in [0.1, 0.15) is 23.0 Å². The van der Waals surface area contributed by atoms with Crippen LogP contribution in [0, 0.1) is 19.7 Å². The monoisotopic (exact) mass is 255 g/mol. The van der Waals surface area contributed by atoms with E-state index in [1.807, 2.05) is 35.6 Å². The molecule has 3 nitrogen and oxygen atoms in total. The Bertz CT molecular complexity index is 774. The second kappa shape index (κ2) is 4.09. The number of nitrogen functional groups attached to an aromatic ring is 1. The fourth-order valence-electron chi connectivity index (χ4n) is 2.23. The second-order valence-corrected chi connectivity index (χ2v) is 4.67. The average Bonchev–Trinajstić information content (AvgIpc) is 2.72. The van der Waals surface area contributed by atoms with Gasteiger partial charge in [-0.05, 0) is 37.6 Å². The van der Waals surface area contributed by atoms with E-state index in [2.05, 4.69) is 4.98 Å². The molecular weight excluding hydrogens is 241 g/mol. The molecule has 0 amide bonds. The summed E-state index contributed by atoms with van der Waals surface area (Å²) in [7, 11) is 0. The van der Waals surface area contributed by atoms with Gasteiger partial charge in [0.2, 0.25) is 0 Å². The number of aryl methyl sites for hydroxylation is 2. The lowest BCUT2D eigenvalue weighted by atomic mass is 10.1.